The van der Waals surface area contributed by atoms with Gasteiger partial charge in [0, 0.05) is 39.3 Å². The second-order valence-corrected chi connectivity index (χ2v) is 5.35. The van der Waals surface area contributed by atoms with E-state index in [0.717, 1.165) is 62.4 Å². The van der Waals surface area contributed by atoms with Gasteiger partial charge >= 0.3 is 0 Å². The van der Waals surface area contributed by atoms with Gasteiger partial charge in [-0.15, -0.1) is 0 Å². The van der Waals surface area contributed by atoms with Crippen molar-refractivity contribution in [2.24, 2.45) is 5.92 Å². The Bertz CT molecular complexity index is 407. The molecular formula is C15H26N4O. The Labute approximate surface area is 121 Å². The Morgan fingerprint density at radius 1 is 1.30 bits per heavy atom. The summed E-state index contributed by atoms with van der Waals surface area (Å²) in [6, 6.07) is 1.95. The van der Waals surface area contributed by atoms with E-state index in [2.05, 4.69) is 27.5 Å². The smallest absolute Gasteiger partial charge is 0.133 e. The van der Waals surface area contributed by atoms with E-state index in [1.807, 2.05) is 13.1 Å². The molecular weight excluding hydrogens is 252 g/mol. The van der Waals surface area contributed by atoms with Gasteiger partial charge in [0.1, 0.15) is 17.5 Å². The fourth-order valence-electron chi connectivity index (χ4n) is 1.98. The summed E-state index contributed by atoms with van der Waals surface area (Å²) in [5.74, 6) is 3.51. The van der Waals surface area contributed by atoms with Crippen LogP contribution >= 0.6 is 0 Å². The summed E-state index contributed by atoms with van der Waals surface area (Å²) >= 11 is 0. The molecule has 20 heavy (non-hydrogen) atoms. The summed E-state index contributed by atoms with van der Waals surface area (Å²) in [6.07, 6.45) is 5.68. The second-order valence-electron chi connectivity index (χ2n) is 5.35. The highest BCUT2D eigenvalue weighted by Gasteiger charge is 2.20. The topological polar surface area (TPSA) is 59.1 Å². The fourth-order valence-corrected chi connectivity index (χ4v) is 1.98. The second kappa shape index (κ2) is 8.04. The van der Waals surface area contributed by atoms with E-state index in [1.165, 1.54) is 12.8 Å². The molecule has 1 fully saturated rings. The number of nitrogens with zero attached hydrogens (tertiary/aromatic N) is 2. The molecule has 0 atom stereocenters. The normalized spacial score (nSPS) is 14.3. The molecule has 0 bridgehead atoms. The van der Waals surface area contributed by atoms with E-state index in [0.29, 0.717) is 0 Å². The predicted molar refractivity (Wildman–Crippen MR) is 82.2 cm³/mol. The summed E-state index contributed by atoms with van der Waals surface area (Å²) in [5.41, 5.74) is 0. The van der Waals surface area contributed by atoms with Crippen LogP contribution in [-0.4, -0.2) is 36.8 Å². The number of ether oxygens (including phenoxy) is 1. The molecule has 0 aromatic carbocycles. The van der Waals surface area contributed by atoms with Crippen molar-refractivity contribution >= 4 is 11.6 Å². The average molecular weight is 278 g/mol. The third-order valence-electron chi connectivity index (χ3n) is 3.32. The van der Waals surface area contributed by atoms with Gasteiger partial charge in [-0.3, -0.25) is 0 Å². The Balaban J connectivity index is 1.71. The number of hydrogen-bond donors (Lipinski definition) is 2. The quantitative estimate of drug-likeness (QED) is 0.644. The van der Waals surface area contributed by atoms with Crippen LogP contribution in [-0.2, 0) is 11.2 Å². The molecule has 1 aliphatic carbocycles. The van der Waals surface area contributed by atoms with Gasteiger partial charge in [0.2, 0.25) is 0 Å². The molecule has 2 N–H and O–H groups in total. The third-order valence-corrected chi connectivity index (χ3v) is 3.32. The summed E-state index contributed by atoms with van der Waals surface area (Å²) in [7, 11) is 1.88. The van der Waals surface area contributed by atoms with Crippen LogP contribution in [0.1, 0.15) is 38.4 Å². The SMILES string of the molecule is CCCc1nc(NC)cc(NCCCOCC2CC2)n1. The Kier molecular flexibility index (Phi) is 6.05. The number of hydrogen-bond acceptors (Lipinski definition) is 5. The van der Waals surface area contributed by atoms with Crippen LogP contribution in [0, 0.1) is 5.92 Å². The summed E-state index contributed by atoms with van der Waals surface area (Å²) < 4.78 is 5.62. The highest BCUT2D eigenvalue weighted by atomic mass is 16.5. The van der Waals surface area contributed by atoms with Crippen LogP contribution in [0.5, 0.6) is 0 Å². The lowest BCUT2D eigenvalue weighted by molar-refractivity contribution is 0.124. The molecule has 0 radical (unpaired) electrons. The van der Waals surface area contributed by atoms with Gasteiger partial charge in [-0.2, -0.15) is 0 Å². The van der Waals surface area contributed by atoms with Gasteiger partial charge < -0.3 is 15.4 Å². The maximum absolute atomic E-state index is 5.62. The number of rotatable bonds is 10. The lowest BCUT2D eigenvalue weighted by Crippen LogP contribution is -2.10. The molecule has 1 aromatic rings. The molecule has 0 saturated heterocycles. The van der Waals surface area contributed by atoms with Crippen LogP contribution in [0.15, 0.2) is 6.07 Å². The van der Waals surface area contributed by atoms with Crippen molar-refractivity contribution in [3.8, 4) is 0 Å². The molecule has 5 nitrogen and oxygen atoms in total. The molecule has 2 rings (SSSR count). The van der Waals surface area contributed by atoms with Crippen molar-refractivity contribution in [3.05, 3.63) is 11.9 Å². The van der Waals surface area contributed by atoms with Crippen molar-refractivity contribution in [1.82, 2.24) is 9.97 Å². The summed E-state index contributed by atoms with van der Waals surface area (Å²) in [5, 5.41) is 6.43. The summed E-state index contributed by atoms with van der Waals surface area (Å²) in [6.45, 7) is 4.80. The van der Waals surface area contributed by atoms with Gasteiger partial charge in [0.05, 0.1) is 0 Å². The average Bonchev–Trinajstić information content (AvgIpc) is 3.27. The minimum Gasteiger partial charge on any atom is -0.381 e. The van der Waals surface area contributed by atoms with Crippen molar-refractivity contribution in [2.75, 3.05) is 37.4 Å². The number of aromatic nitrogens is 2. The molecule has 0 spiro atoms. The zero-order valence-corrected chi connectivity index (χ0v) is 12.6. The number of anilines is 2. The first-order valence-electron chi connectivity index (χ1n) is 7.69. The highest BCUT2D eigenvalue weighted by Crippen LogP contribution is 2.28. The monoisotopic (exact) mass is 278 g/mol. The molecule has 5 heteroatoms. The van der Waals surface area contributed by atoms with Crippen LogP contribution in [0.3, 0.4) is 0 Å². The molecule has 1 aromatic heterocycles. The predicted octanol–water partition coefficient (Wildman–Crippen LogP) is 2.70. The van der Waals surface area contributed by atoms with E-state index in [9.17, 15) is 0 Å². The largest absolute Gasteiger partial charge is 0.381 e. The first-order valence-corrected chi connectivity index (χ1v) is 7.69. The van der Waals surface area contributed by atoms with Crippen LogP contribution in [0.2, 0.25) is 0 Å². The first kappa shape index (κ1) is 15.0. The number of aryl methyl sites for hydroxylation is 1. The van der Waals surface area contributed by atoms with E-state index in [-0.39, 0.29) is 0 Å². The van der Waals surface area contributed by atoms with E-state index in [4.69, 9.17) is 4.74 Å². The molecule has 1 heterocycles. The van der Waals surface area contributed by atoms with E-state index >= 15 is 0 Å². The van der Waals surface area contributed by atoms with Gasteiger partial charge in [0.25, 0.3) is 0 Å². The number of nitrogens with one attached hydrogen (secondary N) is 2. The van der Waals surface area contributed by atoms with E-state index in [1.54, 1.807) is 0 Å². The highest BCUT2D eigenvalue weighted by molar-refractivity contribution is 5.47. The first-order chi connectivity index (χ1) is 9.81. The van der Waals surface area contributed by atoms with Gasteiger partial charge in [-0.25, -0.2) is 9.97 Å². The molecule has 1 aliphatic rings. The maximum atomic E-state index is 5.62. The Morgan fingerprint density at radius 2 is 2.10 bits per heavy atom. The van der Waals surface area contributed by atoms with Crippen molar-refractivity contribution in [3.63, 3.8) is 0 Å². The lowest BCUT2D eigenvalue weighted by Gasteiger charge is -2.09. The molecule has 1 saturated carbocycles. The zero-order valence-electron chi connectivity index (χ0n) is 12.6. The van der Waals surface area contributed by atoms with Gasteiger partial charge in [-0.1, -0.05) is 6.92 Å². The van der Waals surface area contributed by atoms with Crippen molar-refractivity contribution in [2.45, 2.75) is 39.0 Å². The fraction of sp³-hybridized carbons (Fsp3) is 0.733. The zero-order chi connectivity index (χ0) is 14.2. The van der Waals surface area contributed by atoms with Crippen molar-refractivity contribution in [1.29, 1.82) is 0 Å². The molecule has 0 amide bonds. The molecule has 112 valence electrons. The van der Waals surface area contributed by atoms with Gasteiger partial charge in [-0.05, 0) is 31.6 Å². The minimum absolute atomic E-state index is 0.829. The summed E-state index contributed by atoms with van der Waals surface area (Å²) in [4.78, 5) is 8.96. The lowest BCUT2D eigenvalue weighted by atomic mass is 10.3. The Hall–Kier alpha value is -1.36. The third kappa shape index (κ3) is 5.33. The van der Waals surface area contributed by atoms with Crippen LogP contribution in [0.4, 0.5) is 11.6 Å². The van der Waals surface area contributed by atoms with Crippen molar-refractivity contribution < 1.29 is 4.74 Å². The van der Waals surface area contributed by atoms with Gasteiger partial charge in [0.15, 0.2) is 0 Å². The van der Waals surface area contributed by atoms with Crippen LogP contribution in [0.25, 0.3) is 0 Å². The molecule has 0 aliphatic heterocycles. The minimum atomic E-state index is 0.829. The Morgan fingerprint density at radius 3 is 2.80 bits per heavy atom. The standard InChI is InChI=1S/C15H26N4O/c1-3-5-13-18-14(16-2)10-15(19-13)17-8-4-9-20-11-12-6-7-12/h10,12H,3-9,11H2,1-2H3,(H2,16,17,18,19). The molecule has 0 unspecified atom stereocenters. The van der Waals surface area contributed by atoms with Crippen LogP contribution < -0.4 is 10.6 Å². The maximum Gasteiger partial charge on any atom is 0.133 e. The van der Waals surface area contributed by atoms with E-state index < -0.39 is 0 Å².